The molecule has 0 saturated heterocycles. The predicted molar refractivity (Wildman–Crippen MR) is 117 cm³/mol. The highest BCUT2D eigenvalue weighted by Crippen LogP contribution is 2.10. The molecule has 3 N–H and O–H groups in total. The Morgan fingerprint density at radius 3 is 2.58 bits per heavy atom. The van der Waals surface area contributed by atoms with Crippen LogP contribution in [0.25, 0.3) is 0 Å². The van der Waals surface area contributed by atoms with Gasteiger partial charge in [-0.3, -0.25) is 4.99 Å². The molecule has 0 spiro atoms. The molecule has 0 amide bonds. The fourth-order valence-corrected chi connectivity index (χ4v) is 2.88. The summed E-state index contributed by atoms with van der Waals surface area (Å²) in [7, 11) is -0.326. The minimum Gasteiger partial charge on any atom is -0.381 e. The van der Waals surface area contributed by atoms with E-state index in [9.17, 15) is 8.42 Å². The molecule has 0 aromatic heterocycles. The molecule has 0 aliphatic rings. The van der Waals surface area contributed by atoms with E-state index in [-0.39, 0.29) is 28.9 Å². The second-order valence-electron chi connectivity index (χ2n) is 5.53. The number of sulfonamides is 1. The largest absolute Gasteiger partial charge is 0.381 e. The zero-order valence-corrected chi connectivity index (χ0v) is 18.9. The van der Waals surface area contributed by atoms with Gasteiger partial charge in [0.1, 0.15) is 0 Å². The Morgan fingerprint density at radius 2 is 1.92 bits per heavy atom. The van der Waals surface area contributed by atoms with Gasteiger partial charge in [0.05, 0.1) is 4.90 Å². The molecule has 0 aliphatic carbocycles. The third kappa shape index (κ3) is 9.70. The zero-order valence-electron chi connectivity index (χ0n) is 15.7. The highest BCUT2D eigenvalue weighted by molar-refractivity contribution is 14.0. The van der Waals surface area contributed by atoms with Gasteiger partial charge < -0.3 is 15.4 Å². The number of hydrogen-bond acceptors (Lipinski definition) is 4. The monoisotopic (exact) mass is 498 g/mol. The Hall–Kier alpha value is -0.910. The average molecular weight is 498 g/mol. The van der Waals surface area contributed by atoms with Gasteiger partial charge in [0, 0.05) is 33.4 Å². The summed E-state index contributed by atoms with van der Waals surface area (Å²) in [6, 6.07) is 6.82. The molecule has 26 heavy (non-hydrogen) atoms. The van der Waals surface area contributed by atoms with Gasteiger partial charge >= 0.3 is 0 Å². The molecule has 0 atom stereocenters. The van der Waals surface area contributed by atoms with Crippen molar-refractivity contribution in [2.24, 2.45) is 4.99 Å². The van der Waals surface area contributed by atoms with Crippen LogP contribution in [-0.4, -0.2) is 48.2 Å². The standard InChI is InChI=1S/C17H30N4O3S.HI/c1-4-5-11-24-12-7-10-20-17(18-2)21-14-15-8-6-9-16(13-15)25(22,23)19-3;/h6,8-9,13,19H,4-5,7,10-12,14H2,1-3H3,(H2,18,20,21);1H. The van der Waals surface area contributed by atoms with Gasteiger partial charge in [-0.2, -0.15) is 0 Å². The van der Waals surface area contributed by atoms with E-state index < -0.39 is 10.0 Å². The van der Waals surface area contributed by atoms with Crippen molar-refractivity contribution in [2.75, 3.05) is 33.9 Å². The van der Waals surface area contributed by atoms with E-state index in [4.69, 9.17) is 4.74 Å². The second kappa shape index (κ2) is 14.2. The molecule has 1 aromatic carbocycles. The Labute approximate surface area is 174 Å². The molecule has 0 saturated carbocycles. The maximum absolute atomic E-state index is 11.8. The third-order valence-electron chi connectivity index (χ3n) is 3.56. The Morgan fingerprint density at radius 1 is 1.19 bits per heavy atom. The van der Waals surface area contributed by atoms with E-state index in [2.05, 4.69) is 27.3 Å². The molecule has 0 radical (unpaired) electrons. The van der Waals surface area contributed by atoms with E-state index in [1.165, 1.54) is 7.05 Å². The lowest BCUT2D eigenvalue weighted by molar-refractivity contribution is 0.129. The number of unbranched alkanes of at least 4 members (excludes halogenated alkanes) is 1. The van der Waals surface area contributed by atoms with Crippen molar-refractivity contribution in [1.82, 2.24) is 15.4 Å². The molecule has 0 fully saturated rings. The van der Waals surface area contributed by atoms with Gasteiger partial charge in [-0.25, -0.2) is 13.1 Å². The molecule has 1 rings (SSSR count). The summed E-state index contributed by atoms with van der Waals surface area (Å²) in [5.41, 5.74) is 0.863. The van der Waals surface area contributed by atoms with Gasteiger partial charge in [0.15, 0.2) is 5.96 Å². The van der Waals surface area contributed by atoms with Crippen molar-refractivity contribution in [1.29, 1.82) is 0 Å². The normalized spacial score (nSPS) is 11.7. The topological polar surface area (TPSA) is 91.8 Å². The van der Waals surface area contributed by atoms with Gasteiger partial charge in [0.2, 0.25) is 10.0 Å². The van der Waals surface area contributed by atoms with E-state index in [0.29, 0.717) is 12.5 Å². The maximum Gasteiger partial charge on any atom is 0.240 e. The summed E-state index contributed by atoms with van der Waals surface area (Å²) < 4.78 is 31.5. The number of nitrogens with one attached hydrogen (secondary N) is 3. The number of rotatable bonds is 11. The predicted octanol–water partition coefficient (Wildman–Crippen LogP) is 2.08. The highest BCUT2D eigenvalue weighted by atomic mass is 127. The lowest BCUT2D eigenvalue weighted by atomic mass is 10.2. The van der Waals surface area contributed by atoms with Crippen LogP contribution in [0.3, 0.4) is 0 Å². The molecule has 0 heterocycles. The number of guanidine groups is 1. The minimum atomic E-state index is -3.43. The Balaban J connectivity index is 0.00000625. The average Bonchev–Trinajstić information content (AvgIpc) is 2.63. The van der Waals surface area contributed by atoms with Crippen molar-refractivity contribution in [3.8, 4) is 0 Å². The maximum atomic E-state index is 11.8. The lowest BCUT2D eigenvalue weighted by Gasteiger charge is -2.12. The fraction of sp³-hybridized carbons (Fsp3) is 0.588. The summed E-state index contributed by atoms with van der Waals surface area (Å²) in [4.78, 5) is 4.41. The van der Waals surface area contributed by atoms with Gasteiger partial charge in [0.25, 0.3) is 0 Å². The first-order valence-electron chi connectivity index (χ1n) is 8.58. The minimum absolute atomic E-state index is 0. The van der Waals surface area contributed by atoms with Crippen LogP contribution in [0.2, 0.25) is 0 Å². The molecular weight excluding hydrogens is 467 g/mol. The van der Waals surface area contributed by atoms with Crippen molar-refractivity contribution in [3.63, 3.8) is 0 Å². The van der Waals surface area contributed by atoms with Crippen LogP contribution in [0.15, 0.2) is 34.2 Å². The van der Waals surface area contributed by atoms with Gasteiger partial charge in [-0.15, -0.1) is 24.0 Å². The zero-order chi connectivity index (χ0) is 18.5. The van der Waals surface area contributed by atoms with Crippen LogP contribution in [0, 0.1) is 0 Å². The van der Waals surface area contributed by atoms with Gasteiger partial charge in [-0.05, 0) is 37.6 Å². The third-order valence-corrected chi connectivity index (χ3v) is 4.97. The first-order chi connectivity index (χ1) is 12.0. The summed E-state index contributed by atoms with van der Waals surface area (Å²) >= 11 is 0. The molecule has 7 nitrogen and oxygen atoms in total. The summed E-state index contributed by atoms with van der Waals surface area (Å²) in [6.07, 6.45) is 3.14. The van der Waals surface area contributed by atoms with Crippen molar-refractivity contribution in [2.45, 2.75) is 37.6 Å². The van der Waals surface area contributed by atoms with Crippen LogP contribution in [0.5, 0.6) is 0 Å². The summed E-state index contributed by atoms with van der Waals surface area (Å²) in [5, 5.41) is 6.39. The molecule has 0 unspecified atom stereocenters. The van der Waals surface area contributed by atoms with E-state index in [1.807, 2.05) is 6.07 Å². The number of benzene rings is 1. The van der Waals surface area contributed by atoms with E-state index >= 15 is 0 Å². The number of nitrogens with zero attached hydrogens (tertiary/aromatic N) is 1. The van der Waals surface area contributed by atoms with Crippen LogP contribution in [-0.2, 0) is 21.3 Å². The SMILES string of the molecule is CCCCOCCCNC(=NC)NCc1cccc(S(=O)(=O)NC)c1.I. The smallest absolute Gasteiger partial charge is 0.240 e. The molecule has 150 valence electrons. The van der Waals surface area contributed by atoms with Crippen LogP contribution in [0.1, 0.15) is 31.7 Å². The second-order valence-corrected chi connectivity index (χ2v) is 7.41. The van der Waals surface area contributed by atoms with Crippen LogP contribution in [0.4, 0.5) is 0 Å². The summed E-state index contributed by atoms with van der Waals surface area (Å²) in [5.74, 6) is 0.676. The molecule has 0 aliphatic heterocycles. The molecule has 1 aromatic rings. The van der Waals surface area contributed by atoms with E-state index in [1.54, 1.807) is 25.2 Å². The first-order valence-corrected chi connectivity index (χ1v) is 10.1. The van der Waals surface area contributed by atoms with E-state index in [0.717, 1.165) is 44.6 Å². The van der Waals surface area contributed by atoms with Crippen molar-refractivity contribution >= 4 is 40.0 Å². The quantitative estimate of drug-likeness (QED) is 0.188. The number of ether oxygens (including phenoxy) is 1. The summed E-state index contributed by atoms with van der Waals surface area (Å²) in [6.45, 7) is 4.94. The molecule has 0 bridgehead atoms. The Bertz CT molecular complexity index is 639. The number of halogens is 1. The lowest BCUT2D eigenvalue weighted by Crippen LogP contribution is -2.37. The van der Waals surface area contributed by atoms with Crippen LogP contribution >= 0.6 is 24.0 Å². The first kappa shape index (κ1) is 25.1. The highest BCUT2D eigenvalue weighted by Gasteiger charge is 2.11. The number of aliphatic imine (C=N–C) groups is 1. The molecular formula is C17H31IN4O3S. The fourth-order valence-electron chi connectivity index (χ4n) is 2.08. The number of hydrogen-bond donors (Lipinski definition) is 3. The molecule has 9 heteroatoms. The van der Waals surface area contributed by atoms with Crippen LogP contribution < -0.4 is 15.4 Å². The van der Waals surface area contributed by atoms with Gasteiger partial charge in [-0.1, -0.05) is 25.5 Å². The van der Waals surface area contributed by atoms with Crippen molar-refractivity contribution in [3.05, 3.63) is 29.8 Å². The van der Waals surface area contributed by atoms with Crippen molar-refractivity contribution < 1.29 is 13.2 Å². The Kier molecular flexibility index (Phi) is 13.7.